The number of benzene rings is 1. The minimum absolute atomic E-state index is 0.0105. The molecule has 5 heteroatoms. The summed E-state index contributed by atoms with van der Waals surface area (Å²) in [5.41, 5.74) is 1.39. The molecule has 1 aromatic rings. The molecule has 2 N–H and O–H groups in total. The van der Waals surface area contributed by atoms with Gasteiger partial charge in [0.2, 0.25) is 5.91 Å². The van der Waals surface area contributed by atoms with Gasteiger partial charge in [-0.1, -0.05) is 20.8 Å². The normalized spacial score (nSPS) is 18.0. The van der Waals surface area contributed by atoms with Crippen molar-refractivity contribution in [3.05, 3.63) is 24.3 Å². The van der Waals surface area contributed by atoms with Crippen LogP contribution in [-0.4, -0.2) is 24.5 Å². The average Bonchev–Trinajstić information content (AvgIpc) is 2.92. The Morgan fingerprint density at radius 1 is 1.14 bits per heavy atom. The summed E-state index contributed by atoms with van der Waals surface area (Å²) in [6.45, 7) is 6.72. The molecule has 1 unspecified atom stereocenters. The van der Waals surface area contributed by atoms with Crippen molar-refractivity contribution in [3.63, 3.8) is 0 Å². The van der Waals surface area contributed by atoms with Crippen LogP contribution >= 0.6 is 0 Å². The molecule has 2 rings (SSSR count). The number of carbonyl (C=O) groups is 2. The van der Waals surface area contributed by atoms with E-state index in [2.05, 4.69) is 10.6 Å². The molecule has 0 radical (unpaired) electrons. The van der Waals surface area contributed by atoms with Crippen LogP contribution < -0.4 is 10.6 Å². The van der Waals surface area contributed by atoms with Crippen molar-refractivity contribution in [2.24, 2.45) is 5.41 Å². The van der Waals surface area contributed by atoms with Crippen molar-refractivity contribution < 1.29 is 14.3 Å². The highest BCUT2D eigenvalue weighted by Crippen LogP contribution is 2.21. The number of anilines is 2. The summed E-state index contributed by atoms with van der Waals surface area (Å²) >= 11 is 0. The summed E-state index contributed by atoms with van der Waals surface area (Å²) in [5, 5.41) is 5.68. The third-order valence-corrected chi connectivity index (χ3v) is 3.35. The first-order valence-electron chi connectivity index (χ1n) is 7.66. The minimum atomic E-state index is -0.342. The SMILES string of the molecule is CC(C)(C)CC(=O)Nc1ccc(NC(=O)C2CCCO2)cc1. The van der Waals surface area contributed by atoms with E-state index in [-0.39, 0.29) is 23.3 Å². The number of hydrogen-bond donors (Lipinski definition) is 2. The van der Waals surface area contributed by atoms with Crippen molar-refractivity contribution in [2.75, 3.05) is 17.2 Å². The Hall–Kier alpha value is -1.88. The third-order valence-electron chi connectivity index (χ3n) is 3.35. The molecule has 0 saturated carbocycles. The lowest BCUT2D eigenvalue weighted by Crippen LogP contribution is -2.26. The Labute approximate surface area is 131 Å². The molecule has 0 bridgehead atoms. The van der Waals surface area contributed by atoms with Crippen LogP contribution in [0.25, 0.3) is 0 Å². The summed E-state index contributed by atoms with van der Waals surface area (Å²) in [6.07, 6.45) is 1.82. The first-order valence-corrected chi connectivity index (χ1v) is 7.66. The molecule has 0 aliphatic carbocycles. The second-order valence-electron chi connectivity index (χ2n) is 6.85. The molecule has 120 valence electrons. The highest BCUT2D eigenvalue weighted by Gasteiger charge is 2.23. The van der Waals surface area contributed by atoms with Crippen molar-refractivity contribution in [1.29, 1.82) is 0 Å². The van der Waals surface area contributed by atoms with Gasteiger partial charge in [0.1, 0.15) is 6.10 Å². The molecule has 1 aliphatic rings. The largest absolute Gasteiger partial charge is 0.368 e. The number of nitrogens with one attached hydrogen (secondary N) is 2. The van der Waals surface area contributed by atoms with E-state index >= 15 is 0 Å². The van der Waals surface area contributed by atoms with E-state index in [0.717, 1.165) is 18.5 Å². The predicted octanol–water partition coefficient (Wildman–Crippen LogP) is 3.18. The molecule has 0 spiro atoms. The number of ether oxygens (including phenoxy) is 1. The molecule has 1 aromatic carbocycles. The van der Waals surface area contributed by atoms with Crippen molar-refractivity contribution in [3.8, 4) is 0 Å². The lowest BCUT2D eigenvalue weighted by atomic mass is 9.92. The molecule has 1 aliphatic heterocycles. The van der Waals surface area contributed by atoms with Gasteiger partial charge >= 0.3 is 0 Å². The molecular weight excluding hydrogens is 280 g/mol. The fourth-order valence-corrected chi connectivity index (χ4v) is 2.33. The maximum Gasteiger partial charge on any atom is 0.253 e. The highest BCUT2D eigenvalue weighted by atomic mass is 16.5. The second kappa shape index (κ2) is 6.92. The number of hydrogen-bond acceptors (Lipinski definition) is 3. The summed E-state index contributed by atoms with van der Waals surface area (Å²) in [7, 11) is 0. The fraction of sp³-hybridized carbons (Fsp3) is 0.529. The van der Waals surface area contributed by atoms with E-state index < -0.39 is 0 Å². The Balaban J connectivity index is 1.87. The van der Waals surface area contributed by atoms with Gasteiger partial charge in [-0.15, -0.1) is 0 Å². The lowest BCUT2D eigenvalue weighted by Gasteiger charge is -2.17. The first kappa shape index (κ1) is 16.5. The van der Waals surface area contributed by atoms with Crippen LogP contribution in [0, 0.1) is 5.41 Å². The minimum Gasteiger partial charge on any atom is -0.368 e. The summed E-state index contributed by atoms with van der Waals surface area (Å²) < 4.78 is 5.34. The molecule has 0 aromatic heterocycles. The Morgan fingerprint density at radius 2 is 1.73 bits per heavy atom. The zero-order chi connectivity index (χ0) is 16.2. The van der Waals surface area contributed by atoms with Gasteiger partial charge in [0.05, 0.1) is 0 Å². The van der Waals surface area contributed by atoms with Crippen molar-refractivity contribution in [2.45, 2.75) is 46.1 Å². The van der Waals surface area contributed by atoms with Gasteiger partial charge in [-0.2, -0.15) is 0 Å². The van der Waals surface area contributed by atoms with E-state index in [1.54, 1.807) is 24.3 Å². The molecule has 1 heterocycles. The van der Waals surface area contributed by atoms with E-state index in [9.17, 15) is 9.59 Å². The summed E-state index contributed by atoms with van der Waals surface area (Å²) in [5.74, 6) is -0.120. The van der Waals surface area contributed by atoms with Crippen molar-refractivity contribution >= 4 is 23.2 Å². The van der Waals surface area contributed by atoms with Crippen LogP contribution in [-0.2, 0) is 14.3 Å². The van der Waals surface area contributed by atoms with Crippen LogP contribution in [0.3, 0.4) is 0 Å². The second-order valence-corrected chi connectivity index (χ2v) is 6.85. The van der Waals surface area contributed by atoms with Gasteiger partial charge in [0, 0.05) is 24.4 Å². The highest BCUT2D eigenvalue weighted by molar-refractivity contribution is 5.95. The van der Waals surface area contributed by atoms with Crippen LogP contribution in [0.5, 0.6) is 0 Å². The topological polar surface area (TPSA) is 67.4 Å². The maximum atomic E-state index is 11.9. The number of amides is 2. The molecule has 2 amide bonds. The third kappa shape index (κ3) is 5.15. The first-order chi connectivity index (χ1) is 10.3. The molecule has 5 nitrogen and oxygen atoms in total. The predicted molar refractivity (Wildman–Crippen MR) is 86.7 cm³/mol. The summed E-state index contributed by atoms with van der Waals surface area (Å²) in [6, 6.07) is 7.12. The number of carbonyl (C=O) groups excluding carboxylic acids is 2. The zero-order valence-corrected chi connectivity index (χ0v) is 13.4. The van der Waals surface area contributed by atoms with Gasteiger partial charge in [-0.25, -0.2) is 0 Å². The monoisotopic (exact) mass is 304 g/mol. The molecule has 1 fully saturated rings. The van der Waals surface area contributed by atoms with Gasteiger partial charge < -0.3 is 15.4 Å². The average molecular weight is 304 g/mol. The van der Waals surface area contributed by atoms with Crippen LogP contribution in [0.15, 0.2) is 24.3 Å². The van der Waals surface area contributed by atoms with Crippen LogP contribution in [0.1, 0.15) is 40.0 Å². The van der Waals surface area contributed by atoms with E-state index in [4.69, 9.17) is 4.74 Å². The molecular formula is C17H24N2O3. The van der Waals surface area contributed by atoms with Gasteiger partial charge in [0.15, 0.2) is 0 Å². The van der Waals surface area contributed by atoms with Gasteiger partial charge in [-0.3, -0.25) is 9.59 Å². The van der Waals surface area contributed by atoms with Crippen LogP contribution in [0.2, 0.25) is 0 Å². The fourth-order valence-electron chi connectivity index (χ4n) is 2.33. The smallest absolute Gasteiger partial charge is 0.253 e. The molecule has 1 saturated heterocycles. The van der Waals surface area contributed by atoms with Crippen LogP contribution in [0.4, 0.5) is 11.4 Å². The quantitative estimate of drug-likeness (QED) is 0.897. The Bertz CT molecular complexity index is 526. The van der Waals surface area contributed by atoms with E-state index in [1.165, 1.54) is 0 Å². The summed E-state index contributed by atoms with van der Waals surface area (Å²) in [4.78, 5) is 23.8. The zero-order valence-electron chi connectivity index (χ0n) is 13.4. The maximum absolute atomic E-state index is 11.9. The molecule has 1 atom stereocenters. The lowest BCUT2D eigenvalue weighted by molar-refractivity contribution is -0.124. The Morgan fingerprint density at radius 3 is 2.23 bits per heavy atom. The molecule has 22 heavy (non-hydrogen) atoms. The van der Waals surface area contributed by atoms with E-state index in [1.807, 2.05) is 20.8 Å². The van der Waals surface area contributed by atoms with Crippen molar-refractivity contribution in [1.82, 2.24) is 0 Å². The van der Waals surface area contributed by atoms with E-state index in [0.29, 0.717) is 18.7 Å². The standard InChI is InChI=1S/C17H24N2O3/c1-17(2,3)11-15(20)18-12-6-8-13(9-7-12)19-16(21)14-5-4-10-22-14/h6-9,14H,4-5,10-11H2,1-3H3,(H,18,20)(H,19,21). The Kier molecular flexibility index (Phi) is 5.19. The number of rotatable bonds is 4. The van der Waals surface area contributed by atoms with Gasteiger partial charge in [0.25, 0.3) is 5.91 Å². The van der Waals surface area contributed by atoms with Gasteiger partial charge in [-0.05, 0) is 42.5 Å².